The third-order valence-electron chi connectivity index (χ3n) is 3.72. The number of aromatic hydroxyl groups is 1. The molecule has 0 aliphatic heterocycles. The molecule has 0 atom stereocenters. The lowest BCUT2D eigenvalue weighted by molar-refractivity contribution is 0.112. The number of nitrogens with zero attached hydrogens (tertiary/aromatic N) is 1. The van der Waals surface area contributed by atoms with Crippen molar-refractivity contribution < 1.29 is 9.90 Å². The normalized spacial score (nSPS) is 10.9. The lowest BCUT2D eigenvalue weighted by Crippen LogP contribution is -1.90. The van der Waals surface area contributed by atoms with E-state index in [0.29, 0.717) is 12.0 Å². The van der Waals surface area contributed by atoms with Gasteiger partial charge in [0.2, 0.25) is 0 Å². The highest BCUT2D eigenvalue weighted by Crippen LogP contribution is 2.28. The standard InChI is InChI=1S/C17H16N2O2/c1-19-9-13(15-8-14(18)4-5-16(15)19)7-12-3-2-11(10-20)6-17(12)21/h2-6,8-10,21H,7,18H2,1H3. The van der Waals surface area contributed by atoms with Gasteiger partial charge in [-0.1, -0.05) is 12.1 Å². The van der Waals surface area contributed by atoms with Crippen molar-refractivity contribution in [2.45, 2.75) is 6.42 Å². The number of aldehydes is 1. The SMILES string of the molecule is Cn1cc(Cc2ccc(C=O)cc2O)c2cc(N)ccc21. The number of aryl methyl sites for hydroxylation is 1. The summed E-state index contributed by atoms with van der Waals surface area (Å²) in [6, 6.07) is 10.8. The van der Waals surface area contributed by atoms with Crippen molar-refractivity contribution in [1.82, 2.24) is 4.57 Å². The van der Waals surface area contributed by atoms with Crippen LogP contribution in [0.1, 0.15) is 21.5 Å². The van der Waals surface area contributed by atoms with Crippen LogP contribution in [0.5, 0.6) is 5.75 Å². The molecule has 0 saturated heterocycles. The van der Waals surface area contributed by atoms with Gasteiger partial charge in [-0.05, 0) is 35.4 Å². The molecule has 4 heteroatoms. The molecular weight excluding hydrogens is 264 g/mol. The molecule has 0 saturated carbocycles. The molecule has 3 rings (SSSR count). The van der Waals surface area contributed by atoms with Crippen LogP contribution in [0, 0.1) is 0 Å². The largest absolute Gasteiger partial charge is 0.508 e. The molecule has 0 radical (unpaired) electrons. The minimum Gasteiger partial charge on any atom is -0.508 e. The Labute approximate surface area is 122 Å². The van der Waals surface area contributed by atoms with Gasteiger partial charge >= 0.3 is 0 Å². The molecule has 0 spiro atoms. The zero-order valence-corrected chi connectivity index (χ0v) is 11.7. The van der Waals surface area contributed by atoms with Gasteiger partial charge in [0.05, 0.1) is 0 Å². The molecule has 0 aliphatic rings. The van der Waals surface area contributed by atoms with Crippen LogP contribution < -0.4 is 5.73 Å². The van der Waals surface area contributed by atoms with Gasteiger partial charge in [-0.3, -0.25) is 4.79 Å². The number of nitrogen functional groups attached to an aromatic ring is 1. The summed E-state index contributed by atoms with van der Waals surface area (Å²) in [6.45, 7) is 0. The summed E-state index contributed by atoms with van der Waals surface area (Å²) in [4.78, 5) is 10.7. The van der Waals surface area contributed by atoms with Gasteiger partial charge < -0.3 is 15.4 Å². The van der Waals surface area contributed by atoms with Crippen LogP contribution >= 0.6 is 0 Å². The maximum Gasteiger partial charge on any atom is 0.150 e. The Hall–Kier alpha value is -2.75. The molecule has 0 aliphatic carbocycles. The Bertz CT molecular complexity index is 834. The van der Waals surface area contributed by atoms with Gasteiger partial charge in [0.25, 0.3) is 0 Å². The van der Waals surface area contributed by atoms with E-state index in [1.807, 2.05) is 36.0 Å². The number of hydrogen-bond acceptors (Lipinski definition) is 3. The molecule has 1 aromatic heterocycles. The molecule has 0 amide bonds. The first-order valence-corrected chi connectivity index (χ1v) is 6.69. The van der Waals surface area contributed by atoms with Gasteiger partial charge in [-0.25, -0.2) is 0 Å². The molecule has 106 valence electrons. The number of nitrogens with two attached hydrogens (primary N) is 1. The summed E-state index contributed by atoms with van der Waals surface area (Å²) in [5, 5.41) is 11.1. The van der Waals surface area contributed by atoms with Crippen molar-refractivity contribution in [3.63, 3.8) is 0 Å². The second kappa shape index (κ2) is 4.98. The zero-order chi connectivity index (χ0) is 15.0. The number of carbonyl (C=O) groups is 1. The second-order valence-electron chi connectivity index (χ2n) is 5.22. The molecule has 1 heterocycles. The van der Waals surface area contributed by atoms with E-state index in [-0.39, 0.29) is 5.75 Å². The molecule has 3 aromatic rings. The number of anilines is 1. The molecule has 3 N–H and O–H groups in total. The summed E-state index contributed by atoms with van der Waals surface area (Å²) in [7, 11) is 1.98. The number of rotatable bonds is 3. The van der Waals surface area contributed by atoms with Crippen molar-refractivity contribution in [2.75, 3.05) is 5.73 Å². The Morgan fingerprint density at radius 3 is 2.71 bits per heavy atom. The fourth-order valence-corrected chi connectivity index (χ4v) is 2.64. The maximum atomic E-state index is 10.7. The Morgan fingerprint density at radius 2 is 2.00 bits per heavy atom. The predicted octanol–water partition coefficient (Wildman–Crippen LogP) is 2.87. The summed E-state index contributed by atoms with van der Waals surface area (Å²) < 4.78 is 2.04. The van der Waals surface area contributed by atoms with Crippen LogP contribution in [0.2, 0.25) is 0 Å². The highest BCUT2D eigenvalue weighted by molar-refractivity contribution is 5.87. The van der Waals surface area contributed by atoms with E-state index >= 15 is 0 Å². The minimum absolute atomic E-state index is 0.139. The van der Waals surface area contributed by atoms with E-state index < -0.39 is 0 Å². The molecule has 0 unspecified atom stereocenters. The van der Waals surface area contributed by atoms with Crippen LogP contribution in [0.3, 0.4) is 0 Å². The Kier molecular flexibility index (Phi) is 3.14. The van der Waals surface area contributed by atoms with E-state index in [1.165, 1.54) is 6.07 Å². The van der Waals surface area contributed by atoms with Crippen molar-refractivity contribution in [3.8, 4) is 5.75 Å². The molecule has 4 nitrogen and oxygen atoms in total. The van der Waals surface area contributed by atoms with Crippen LogP contribution in [0.25, 0.3) is 10.9 Å². The highest BCUT2D eigenvalue weighted by atomic mass is 16.3. The fraction of sp³-hybridized carbons (Fsp3) is 0.118. The number of hydrogen-bond donors (Lipinski definition) is 2. The van der Waals surface area contributed by atoms with Gasteiger partial charge in [-0.15, -0.1) is 0 Å². The van der Waals surface area contributed by atoms with Crippen LogP contribution in [0.4, 0.5) is 5.69 Å². The topological polar surface area (TPSA) is 68.2 Å². The van der Waals surface area contributed by atoms with Gasteiger partial charge in [-0.2, -0.15) is 0 Å². The number of aromatic nitrogens is 1. The predicted molar refractivity (Wildman–Crippen MR) is 83.6 cm³/mol. The first-order chi connectivity index (χ1) is 10.1. The molecule has 21 heavy (non-hydrogen) atoms. The number of carbonyl (C=O) groups excluding carboxylic acids is 1. The van der Waals surface area contributed by atoms with Crippen molar-refractivity contribution in [2.24, 2.45) is 7.05 Å². The van der Waals surface area contributed by atoms with Crippen molar-refractivity contribution >= 4 is 22.9 Å². The van der Waals surface area contributed by atoms with E-state index in [2.05, 4.69) is 0 Å². The van der Waals surface area contributed by atoms with Crippen molar-refractivity contribution in [3.05, 3.63) is 59.3 Å². The smallest absolute Gasteiger partial charge is 0.150 e. The lowest BCUT2D eigenvalue weighted by Gasteiger charge is -2.05. The molecule has 0 bridgehead atoms. The van der Waals surface area contributed by atoms with Crippen LogP contribution in [-0.2, 0) is 13.5 Å². The maximum absolute atomic E-state index is 10.7. The first kappa shape index (κ1) is 13.2. The summed E-state index contributed by atoms with van der Waals surface area (Å²) in [5.41, 5.74) is 10.0. The summed E-state index contributed by atoms with van der Waals surface area (Å²) in [5.74, 6) is 0.139. The van der Waals surface area contributed by atoms with E-state index in [1.54, 1.807) is 12.1 Å². The van der Waals surface area contributed by atoms with Crippen molar-refractivity contribution in [1.29, 1.82) is 0 Å². The summed E-state index contributed by atoms with van der Waals surface area (Å²) in [6.07, 6.45) is 3.35. The number of phenolic OH excluding ortho intramolecular Hbond substituents is 1. The third kappa shape index (κ3) is 2.36. The van der Waals surface area contributed by atoms with E-state index in [4.69, 9.17) is 5.73 Å². The van der Waals surface area contributed by atoms with Gasteiger partial charge in [0.15, 0.2) is 0 Å². The Balaban J connectivity index is 2.06. The molecular formula is C17H16N2O2. The quantitative estimate of drug-likeness (QED) is 0.572. The third-order valence-corrected chi connectivity index (χ3v) is 3.72. The van der Waals surface area contributed by atoms with E-state index in [0.717, 1.165) is 34.0 Å². The number of fused-ring (bicyclic) bond motifs is 1. The van der Waals surface area contributed by atoms with Gasteiger partial charge in [0, 0.05) is 41.8 Å². The van der Waals surface area contributed by atoms with Gasteiger partial charge in [0.1, 0.15) is 12.0 Å². The fourth-order valence-electron chi connectivity index (χ4n) is 2.64. The summed E-state index contributed by atoms with van der Waals surface area (Å²) >= 11 is 0. The average Bonchev–Trinajstić information content (AvgIpc) is 2.77. The Morgan fingerprint density at radius 1 is 1.19 bits per heavy atom. The van der Waals surface area contributed by atoms with Crippen LogP contribution in [0.15, 0.2) is 42.6 Å². The first-order valence-electron chi connectivity index (χ1n) is 6.69. The molecule has 0 fully saturated rings. The monoisotopic (exact) mass is 280 g/mol. The van der Waals surface area contributed by atoms with E-state index in [9.17, 15) is 9.90 Å². The second-order valence-corrected chi connectivity index (χ2v) is 5.22. The molecule has 2 aromatic carbocycles. The number of benzene rings is 2. The van der Waals surface area contributed by atoms with Crippen LogP contribution in [-0.4, -0.2) is 16.0 Å². The lowest BCUT2D eigenvalue weighted by atomic mass is 10.0. The zero-order valence-electron chi connectivity index (χ0n) is 11.7. The average molecular weight is 280 g/mol. The highest BCUT2D eigenvalue weighted by Gasteiger charge is 2.10. The number of phenols is 1. The minimum atomic E-state index is 0.139.